The molecule has 2 N–H and O–H groups in total. The average molecular weight is 515 g/mol. The van der Waals surface area contributed by atoms with Gasteiger partial charge >= 0.3 is 0 Å². The van der Waals surface area contributed by atoms with E-state index in [0.29, 0.717) is 17.2 Å². The molecule has 1 saturated carbocycles. The second-order valence-electron chi connectivity index (χ2n) is 7.53. The summed E-state index contributed by atoms with van der Waals surface area (Å²) in [6.07, 6.45) is 6.87. The van der Waals surface area contributed by atoms with Crippen LogP contribution < -0.4 is 10.6 Å². The quantitative estimate of drug-likeness (QED) is 0.296. The van der Waals surface area contributed by atoms with Crippen LogP contribution in [0.2, 0.25) is 0 Å². The van der Waals surface area contributed by atoms with E-state index in [0.717, 1.165) is 70.2 Å². The molecule has 1 aliphatic heterocycles. The van der Waals surface area contributed by atoms with Crippen LogP contribution in [0.4, 0.5) is 0 Å². The van der Waals surface area contributed by atoms with Crippen molar-refractivity contribution in [3.8, 4) is 0 Å². The Morgan fingerprint density at radius 1 is 1.26 bits per heavy atom. The van der Waals surface area contributed by atoms with E-state index in [-0.39, 0.29) is 24.0 Å². The van der Waals surface area contributed by atoms with Gasteiger partial charge in [-0.15, -0.1) is 24.0 Å². The number of rotatable bonds is 8. The molecule has 0 spiro atoms. The molecule has 1 saturated heterocycles. The van der Waals surface area contributed by atoms with Crippen molar-refractivity contribution in [2.24, 2.45) is 10.9 Å². The van der Waals surface area contributed by atoms with Gasteiger partial charge in [0.15, 0.2) is 5.96 Å². The summed E-state index contributed by atoms with van der Waals surface area (Å²) < 4.78 is 17.3. The number of hydrogen-bond donors (Lipinski definition) is 2. The zero-order chi connectivity index (χ0) is 18.8. The molecular weight excluding hydrogens is 475 g/mol. The topological polar surface area (TPSA) is 66.0 Å². The Morgan fingerprint density at radius 3 is 2.63 bits per heavy atom. The van der Waals surface area contributed by atoms with Gasteiger partial charge in [0.1, 0.15) is 0 Å². The van der Waals surface area contributed by atoms with Crippen LogP contribution in [0.25, 0.3) is 0 Å². The standard InChI is InChI=1S/C19H38N4O2S.HI/c1-4-26(24)18-7-5-6-17(14-18)22-19(20-2)21-15-16-8-10-23(11-9-16)12-13-25-3;/h16-18H,4-15H2,1-3H3,(H2,20,21,22);1H. The summed E-state index contributed by atoms with van der Waals surface area (Å²) >= 11 is 0. The number of hydrogen-bond acceptors (Lipinski definition) is 4. The summed E-state index contributed by atoms with van der Waals surface area (Å²) in [5, 5.41) is 7.44. The highest BCUT2D eigenvalue weighted by Crippen LogP contribution is 2.23. The first kappa shape index (κ1) is 25.1. The molecule has 2 rings (SSSR count). The van der Waals surface area contributed by atoms with E-state index in [4.69, 9.17) is 4.74 Å². The Hall–Kier alpha value is 0.0700. The van der Waals surface area contributed by atoms with Crippen LogP contribution >= 0.6 is 24.0 Å². The van der Waals surface area contributed by atoms with Gasteiger partial charge in [-0.25, -0.2) is 0 Å². The predicted octanol–water partition coefficient (Wildman–Crippen LogP) is 2.21. The van der Waals surface area contributed by atoms with E-state index in [1.807, 2.05) is 14.0 Å². The van der Waals surface area contributed by atoms with Crippen LogP contribution in [0.3, 0.4) is 0 Å². The van der Waals surface area contributed by atoms with Crippen LogP contribution in [-0.2, 0) is 15.5 Å². The van der Waals surface area contributed by atoms with Crippen LogP contribution in [0, 0.1) is 5.92 Å². The zero-order valence-corrected chi connectivity index (χ0v) is 20.4. The highest BCUT2D eigenvalue weighted by molar-refractivity contribution is 14.0. The number of nitrogens with one attached hydrogen (secondary N) is 2. The van der Waals surface area contributed by atoms with E-state index >= 15 is 0 Å². The first-order valence-electron chi connectivity index (χ1n) is 10.2. The number of aliphatic imine (C=N–C) groups is 1. The number of piperidine rings is 1. The van der Waals surface area contributed by atoms with Gasteiger partial charge in [0, 0.05) is 55.1 Å². The SMILES string of the molecule is CCS(=O)C1CCCC(NC(=NC)NCC2CCN(CCOC)CC2)C1.I. The Balaban J connectivity index is 0.00000364. The Morgan fingerprint density at radius 2 is 2.00 bits per heavy atom. The summed E-state index contributed by atoms with van der Waals surface area (Å²) in [6.45, 7) is 7.19. The maximum atomic E-state index is 12.1. The van der Waals surface area contributed by atoms with Gasteiger partial charge in [0.05, 0.1) is 6.61 Å². The maximum Gasteiger partial charge on any atom is 0.191 e. The van der Waals surface area contributed by atoms with Gasteiger partial charge in [-0.2, -0.15) is 0 Å². The molecule has 0 radical (unpaired) electrons. The van der Waals surface area contributed by atoms with E-state index in [1.165, 1.54) is 12.8 Å². The van der Waals surface area contributed by atoms with Gasteiger partial charge in [-0.1, -0.05) is 13.3 Å². The molecule has 3 unspecified atom stereocenters. The molecule has 0 bridgehead atoms. The predicted molar refractivity (Wildman–Crippen MR) is 126 cm³/mol. The molecule has 8 heteroatoms. The fourth-order valence-corrected chi connectivity index (χ4v) is 5.36. The number of likely N-dealkylation sites (tertiary alicyclic amines) is 1. The molecule has 1 heterocycles. The van der Waals surface area contributed by atoms with Crippen molar-refractivity contribution in [2.45, 2.75) is 56.7 Å². The fourth-order valence-electron chi connectivity index (χ4n) is 4.01. The summed E-state index contributed by atoms with van der Waals surface area (Å²) in [5.74, 6) is 2.38. The first-order valence-corrected chi connectivity index (χ1v) is 11.6. The molecule has 2 fully saturated rings. The van der Waals surface area contributed by atoms with Crippen LogP contribution in [0.1, 0.15) is 45.4 Å². The number of ether oxygens (including phenoxy) is 1. The van der Waals surface area contributed by atoms with Crippen molar-refractivity contribution in [1.82, 2.24) is 15.5 Å². The number of halogens is 1. The molecule has 160 valence electrons. The van der Waals surface area contributed by atoms with Gasteiger partial charge < -0.3 is 20.3 Å². The van der Waals surface area contributed by atoms with Crippen LogP contribution in [-0.4, -0.2) is 79.1 Å². The molecule has 0 aromatic heterocycles. The molecule has 27 heavy (non-hydrogen) atoms. The monoisotopic (exact) mass is 514 g/mol. The van der Waals surface area contributed by atoms with Crippen molar-refractivity contribution in [3.05, 3.63) is 0 Å². The molecular formula is C19H39IN4O2S. The molecule has 6 nitrogen and oxygen atoms in total. The normalized spacial score (nSPS) is 26.3. The van der Waals surface area contributed by atoms with Crippen LogP contribution in [0.15, 0.2) is 4.99 Å². The largest absolute Gasteiger partial charge is 0.383 e. The van der Waals surface area contributed by atoms with Crippen molar-refractivity contribution in [1.29, 1.82) is 0 Å². The number of nitrogens with zero attached hydrogens (tertiary/aromatic N) is 2. The average Bonchev–Trinajstić information content (AvgIpc) is 2.69. The number of methoxy groups -OCH3 is 1. The van der Waals surface area contributed by atoms with Crippen molar-refractivity contribution < 1.29 is 8.95 Å². The van der Waals surface area contributed by atoms with Gasteiger partial charge in [-0.3, -0.25) is 9.20 Å². The minimum atomic E-state index is -0.678. The van der Waals surface area contributed by atoms with E-state index < -0.39 is 10.8 Å². The Bertz CT molecular complexity index is 459. The zero-order valence-electron chi connectivity index (χ0n) is 17.2. The molecule has 1 aliphatic carbocycles. The van der Waals surface area contributed by atoms with Crippen molar-refractivity contribution in [3.63, 3.8) is 0 Å². The first-order chi connectivity index (χ1) is 12.7. The smallest absolute Gasteiger partial charge is 0.191 e. The van der Waals surface area contributed by atoms with Gasteiger partial charge in [0.2, 0.25) is 0 Å². The van der Waals surface area contributed by atoms with Crippen molar-refractivity contribution in [2.75, 3.05) is 52.7 Å². The Labute approximate surface area is 185 Å². The third-order valence-corrected chi connectivity index (χ3v) is 7.46. The van der Waals surface area contributed by atoms with Crippen LogP contribution in [0.5, 0.6) is 0 Å². The maximum absolute atomic E-state index is 12.1. The summed E-state index contributed by atoms with van der Waals surface area (Å²) in [4.78, 5) is 6.89. The lowest BCUT2D eigenvalue weighted by Crippen LogP contribution is -2.48. The minimum absolute atomic E-state index is 0. The second-order valence-corrected chi connectivity index (χ2v) is 9.54. The molecule has 3 atom stereocenters. The minimum Gasteiger partial charge on any atom is -0.383 e. The van der Waals surface area contributed by atoms with E-state index in [9.17, 15) is 4.21 Å². The lowest BCUT2D eigenvalue weighted by molar-refractivity contribution is 0.121. The lowest BCUT2D eigenvalue weighted by Gasteiger charge is -2.33. The summed E-state index contributed by atoms with van der Waals surface area (Å²) in [7, 11) is 2.93. The van der Waals surface area contributed by atoms with Gasteiger partial charge in [-0.05, 0) is 51.1 Å². The van der Waals surface area contributed by atoms with E-state index in [1.54, 1.807) is 7.11 Å². The number of guanidine groups is 1. The summed E-state index contributed by atoms with van der Waals surface area (Å²) in [5.41, 5.74) is 0. The van der Waals surface area contributed by atoms with Crippen molar-refractivity contribution >= 4 is 40.7 Å². The molecule has 2 aliphatic rings. The van der Waals surface area contributed by atoms with Gasteiger partial charge in [0.25, 0.3) is 0 Å². The fraction of sp³-hybridized carbons (Fsp3) is 0.947. The lowest BCUT2D eigenvalue weighted by atomic mass is 9.95. The second kappa shape index (κ2) is 14.1. The molecule has 0 aromatic rings. The summed E-state index contributed by atoms with van der Waals surface area (Å²) in [6, 6.07) is 0.395. The van der Waals surface area contributed by atoms with E-state index in [2.05, 4.69) is 20.5 Å². The third kappa shape index (κ3) is 8.95. The highest BCUT2D eigenvalue weighted by atomic mass is 127. The molecule has 0 aromatic carbocycles. The highest BCUT2D eigenvalue weighted by Gasteiger charge is 2.26. The molecule has 0 amide bonds. The Kier molecular flexibility index (Phi) is 13.1. The third-order valence-electron chi connectivity index (χ3n) is 5.72.